The molecule has 2 aromatic heterocycles. The van der Waals surface area contributed by atoms with E-state index in [9.17, 15) is 14.9 Å². The van der Waals surface area contributed by atoms with Gasteiger partial charge in [0.05, 0.1) is 16.7 Å². The van der Waals surface area contributed by atoms with Gasteiger partial charge in [-0.25, -0.2) is 4.98 Å². The predicted molar refractivity (Wildman–Crippen MR) is 66.5 cm³/mol. The number of hydrogen-bond donors (Lipinski definition) is 2. The lowest BCUT2D eigenvalue weighted by molar-refractivity contribution is -0.385. The molecule has 9 heteroatoms. The number of nitro groups is 1. The van der Waals surface area contributed by atoms with Crippen molar-refractivity contribution >= 4 is 23.2 Å². The minimum absolute atomic E-state index is 0.0598. The highest BCUT2D eigenvalue weighted by Crippen LogP contribution is 2.18. The van der Waals surface area contributed by atoms with Gasteiger partial charge in [-0.15, -0.1) is 0 Å². The fourth-order valence-electron chi connectivity index (χ4n) is 1.43. The summed E-state index contributed by atoms with van der Waals surface area (Å²) in [7, 11) is 1.64. The van der Waals surface area contributed by atoms with E-state index in [1.165, 1.54) is 10.9 Å². The molecule has 0 aliphatic carbocycles. The van der Waals surface area contributed by atoms with Gasteiger partial charge in [0.15, 0.2) is 0 Å². The number of nitrogens with one attached hydrogen (secondary N) is 1. The molecule has 0 aliphatic heterocycles. The third kappa shape index (κ3) is 2.49. The van der Waals surface area contributed by atoms with Crippen LogP contribution in [0.1, 0.15) is 10.4 Å². The van der Waals surface area contributed by atoms with Crippen LogP contribution in [0.3, 0.4) is 0 Å². The number of nitrogens with two attached hydrogens (primary N) is 1. The van der Waals surface area contributed by atoms with E-state index in [0.717, 1.165) is 12.3 Å². The lowest BCUT2D eigenvalue weighted by Crippen LogP contribution is -2.17. The monoisotopic (exact) mass is 262 g/mol. The van der Waals surface area contributed by atoms with Gasteiger partial charge in [0.2, 0.25) is 0 Å². The molecule has 2 rings (SSSR count). The average molecular weight is 262 g/mol. The number of hydrogen-bond acceptors (Lipinski definition) is 6. The molecule has 2 aromatic rings. The maximum Gasteiger partial charge on any atom is 0.288 e. The lowest BCUT2D eigenvalue weighted by Gasteiger charge is -2.06. The Balaban J connectivity index is 2.31. The molecular formula is C10H10N6O3. The number of pyridine rings is 1. The first-order valence-corrected chi connectivity index (χ1v) is 5.18. The summed E-state index contributed by atoms with van der Waals surface area (Å²) < 4.78 is 1.44. The first-order chi connectivity index (χ1) is 8.99. The molecule has 0 saturated heterocycles. The fraction of sp³-hybridized carbons (Fsp3) is 0.100. The van der Waals surface area contributed by atoms with Crippen LogP contribution in [0.2, 0.25) is 0 Å². The predicted octanol–water partition coefficient (Wildman–Crippen LogP) is 0.558. The van der Waals surface area contributed by atoms with Gasteiger partial charge in [0, 0.05) is 19.2 Å². The molecule has 19 heavy (non-hydrogen) atoms. The van der Waals surface area contributed by atoms with Crippen LogP contribution in [0.5, 0.6) is 0 Å². The zero-order chi connectivity index (χ0) is 14.0. The van der Waals surface area contributed by atoms with Gasteiger partial charge in [0.25, 0.3) is 11.6 Å². The van der Waals surface area contributed by atoms with Gasteiger partial charge in [-0.2, -0.15) is 5.10 Å². The van der Waals surface area contributed by atoms with Gasteiger partial charge in [-0.3, -0.25) is 19.6 Å². The summed E-state index contributed by atoms with van der Waals surface area (Å²) in [6.45, 7) is 0. The van der Waals surface area contributed by atoms with E-state index in [0.29, 0.717) is 5.82 Å². The van der Waals surface area contributed by atoms with Gasteiger partial charge >= 0.3 is 0 Å². The van der Waals surface area contributed by atoms with Crippen LogP contribution in [0.25, 0.3) is 0 Å². The smallest absolute Gasteiger partial charge is 0.288 e. The van der Waals surface area contributed by atoms with Crippen molar-refractivity contribution in [3.05, 3.63) is 40.2 Å². The van der Waals surface area contributed by atoms with Crippen LogP contribution < -0.4 is 11.1 Å². The van der Waals surface area contributed by atoms with Crippen molar-refractivity contribution < 1.29 is 9.72 Å². The minimum Gasteiger partial charge on any atom is -0.383 e. The van der Waals surface area contributed by atoms with Gasteiger partial charge in [-0.05, 0) is 0 Å². The third-order valence-corrected chi connectivity index (χ3v) is 2.42. The third-order valence-electron chi connectivity index (χ3n) is 2.42. The number of nitrogen functional groups attached to an aromatic ring is 1. The molecule has 0 saturated carbocycles. The quantitative estimate of drug-likeness (QED) is 0.614. The first-order valence-electron chi connectivity index (χ1n) is 5.18. The van der Waals surface area contributed by atoms with Crippen LogP contribution >= 0.6 is 0 Å². The molecule has 98 valence electrons. The van der Waals surface area contributed by atoms with E-state index in [1.807, 2.05) is 0 Å². The van der Waals surface area contributed by atoms with Crippen molar-refractivity contribution in [2.45, 2.75) is 0 Å². The van der Waals surface area contributed by atoms with Crippen molar-refractivity contribution in [1.29, 1.82) is 0 Å². The summed E-state index contributed by atoms with van der Waals surface area (Å²) in [6.07, 6.45) is 2.50. The maximum atomic E-state index is 12.0. The highest BCUT2D eigenvalue weighted by Gasteiger charge is 2.17. The number of carbonyl (C=O) groups excluding carboxylic acids is 1. The topological polar surface area (TPSA) is 129 Å². The zero-order valence-electron chi connectivity index (χ0n) is 9.90. The second-order valence-corrected chi connectivity index (χ2v) is 3.68. The number of aromatic nitrogens is 3. The van der Waals surface area contributed by atoms with E-state index >= 15 is 0 Å². The van der Waals surface area contributed by atoms with Crippen molar-refractivity contribution in [2.24, 2.45) is 7.05 Å². The Hall–Kier alpha value is -2.97. The van der Waals surface area contributed by atoms with E-state index in [-0.39, 0.29) is 17.1 Å². The number of aryl methyl sites for hydroxylation is 1. The number of carbonyl (C=O) groups is 1. The Labute approximate surface area is 107 Å². The average Bonchev–Trinajstić information content (AvgIpc) is 2.75. The fourth-order valence-corrected chi connectivity index (χ4v) is 1.43. The van der Waals surface area contributed by atoms with E-state index in [4.69, 9.17) is 5.73 Å². The van der Waals surface area contributed by atoms with Gasteiger partial charge in [-0.1, -0.05) is 0 Å². The molecule has 2 heterocycles. The Morgan fingerprint density at radius 1 is 1.58 bits per heavy atom. The number of amides is 1. The van der Waals surface area contributed by atoms with E-state index < -0.39 is 10.8 Å². The number of nitrogens with zero attached hydrogens (tertiary/aromatic N) is 4. The van der Waals surface area contributed by atoms with Crippen molar-refractivity contribution in [3.8, 4) is 0 Å². The second-order valence-electron chi connectivity index (χ2n) is 3.68. The van der Waals surface area contributed by atoms with Crippen LogP contribution in [-0.4, -0.2) is 25.6 Å². The summed E-state index contributed by atoms with van der Waals surface area (Å²) in [5.74, 6) is -0.224. The number of rotatable bonds is 3. The molecule has 0 spiro atoms. The van der Waals surface area contributed by atoms with Crippen molar-refractivity contribution in [3.63, 3.8) is 0 Å². The molecule has 0 aliphatic rings. The molecule has 0 atom stereocenters. The zero-order valence-corrected chi connectivity index (χ0v) is 9.90. The highest BCUT2D eigenvalue weighted by atomic mass is 16.6. The minimum atomic E-state index is -0.646. The summed E-state index contributed by atoms with van der Waals surface area (Å²) in [6, 6.07) is 2.66. The first kappa shape index (κ1) is 12.5. The Morgan fingerprint density at radius 3 is 2.89 bits per heavy atom. The summed E-state index contributed by atoms with van der Waals surface area (Å²) in [5, 5.41) is 17.0. The normalized spacial score (nSPS) is 10.2. The molecule has 0 radical (unpaired) electrons. The van der Waals surface area contributed by atoms with E-state index in [1.54, 1.807) is 13.1 Å². The summed E-state index contributed by atoms with van der Waals surface area (Å²) in [5.41, 5.74) is 5.18. The lowest BCUT2D eigenvalue weighted by atomic mass is 10.2. The van der Waals surface area contributed by atoms with E-state index in [2.05, 4.69) is 15.4 Å². The highest BCUT2D eigenvalue weighted by molar-refractivity contribution is 6.07. The van der Waals surface area contributed by atoms with Crippen LogP contribution in [-0.2, 0) is 7.05 Å². The Kier molecular flexibility index (Phi) is 3.10. The molecular weight excluding hydrogens is 252 g/mol. The molecule has 1 amide bonds. The number of anilines is 2. The molecule has 9 nitrogen and oxygen atoms in total. The van der Waals surface area contributed by atoms with Gasteiger partial charge < -0.3 is 11.1 Å². The largest absolute Gasteiger partial charge is 0.383 e. The van der Waals surface area contributed by atoms with Crippen LogP contribution in [0, 0.1) is 10.1 Å². The molecule has 0 aromatic carbocycles. The molecule has 0 bridgehead atoms. The summed E-state index contributed by atoms with van der Waals surface area (Å²) >= 11 is 0. The van der Waals surface area contributed by atoms with Crippen LogP contribution in [0.4, 0.5) is 17.3 Å². The maximum absolute atomic E-state index is 12.0. The SMILES string of the molecule is Cn1nccc1NC(=O)c1cc([N+](=O)[O-])cnc1N. The molecule has 0 fully saturated rings. The Morgan fingerprint density at radius 2 is 2.32 bits per heavy atom. The van der Waals surface area contributed by atoms with Crippen LogP contribution in [0.15, 0.2) is 24.5 Å². The second kappa shape index (κ2) is 4.72. The van der Waals surface area contributed by atoms with Gasteiger partial charge in [0.1, 0.15) is 17.8 Å². The standard InChI is InChI=1S/C10H10N6O3/c1-15-8(2-3-13-15)14-10(17)7-4-6(16(18)19)5-12-9(7)11/h2-5H,1H3,(H2,11,12)(H,14,17). The van der Waals surface area contributed by atoms with Crippen molar-refractivity contribution in [2.75, 3.05) is 11.1 Å². The van der Waals surface area contributed by atoms with Crippen molar-refractivity contribution in [1.82, 2.24) is 14.8 Å². The molecule has 3 N–H and O–H groups in total. The summed E-state index contributed by atoms with van der Waals surface area (Å²) in [4.78, 5) is 25.6. The molecule has 0 unspecified atom stereocenters. The Bertz CT molecular complexity index is 650.